The van der Waals surface area contributed by atoms with Gasteiger partial charge in [-0.05, 0) is 30.7 Å². The molecule has 0 radical (unpaired) electrons. The van der Waals surface area contributed by atoms with E-state index in [1.165, 1.54) is 11.3 Å². The molecule has 1 aromatic carbocycles. The van der Waals surface area contributed by atoms with Gasteiger partial charge in [-0.15, -0.1) is 34.9 Å². The summed E-state index contributed by atoms with van der Waals surface area (Å²) >= 11 is 4.69. The normalized spacial score (nSPS) is 10.0. The summed E-state index contributed by atoms with van der Waals surface area (Å²) in [5.41, 5.74) is 2.21. The first-order valence-corrected chi connectivity index (χ1v) is 9.25. The van der Waals surface area contributed by atoms with Crippen LogP contribution in [0.5, 0.6) is 5.75 Å². The molecule has 0 saturated heterocycles. The smallest absolute Gasteiger partial charge is 0.211 e. The summed E-state index contributed by atoms with van der Waals surface area (Å²) in [5, 5.41) is 11.8. The number of ether oxygens (including phenoxy) is 1. The Balaban J connectivity index is 2.34. The molecule has 0 aliphatic heterocycles. The van der Waals surface area contributed by atoms with Crippen LogP contribution in [0.4, 0.5) is 5.13 Å². The van der Waals surface area contributed by atoms with Crippen LogP contribution in [-0.2, 0) is 0 Å². The first-order valence-electron chi connectivity index (χ1n) is 5.92. The summed E-state index contributed by atoms with van der Waals surface area (Å²) < 4.78 is 6.12. The number of nitriles is 1. The highest BCUT2D eigenvalue weighted by Gasteiger charge is 2.09. The zero-order chi connectivity index (χ0) is 15.2. The standard InChI is InChI=1S/C14H13N3OS3/c1-18-12-5-4-9(6-10(12)7-15)11-8-21-13(16-11)17-14(19-2)20-3/h4-6,8H,1-3H3. The van der Waals surface area contributed by atoms with E-state index >= 15 is 0 Å². The minimum absolute atomic E-state index is 0.502. The summed E-state index contributed by atoms with van der Waals surface area (Å²) in [6.45, 7) is 0. The number of hydrogen-bond acceptors (Lipinski definition) is 7. The Morgan fingerprint density at radius 3 is 2.76 bits per heavy atom. The first-order chi connectivity index (χ1) is 10.2. The van der Waals surface area contributed by atoms with Gasteiger partial charge in [0.15, 0.2) is 0 Å². The molecule has 1 aromatic heterocycles. The number of methoxy groups -OCH3 is 1. The Labute approximate surface area is 136 Å². The van der Waals surface area contributed by atoms with Crippen molar-refractivity contribution in [2.45, 2.75) is 0 Å². The van der Waals surface area contributed by atoms with E-state index in [0.717, 1.165) is 20.8 Å². The molecule has 21 heavy (non-hydrogen) atoms. The van der Waals surface area contributed by atoms with E-state index < -0.39 is 0 Å². The van der Waals surface area contributed by atoms with E-state index in [1.54, 1.807) is 42.8 Å². The second-order valence-electron chi connectivity index (χ2n) is 3.83. The highest BCUT2D eigenvalue weighted by atomic mass is 32.2. The molecule has 0 amide bonds. The molecule has 0 fully saturated rings. The SMILES string of the molecule is COc1ccc(-c2csc(N=C(SC)SC)n2)cc1C#N. The molecule has 0 N–H and O–H groups in total. The van der Waals surface area contributed by atoms with Gasteiger partial charge in [0.1, 0.15) is 16.2 Å². The average molecular weight is 335 g/mol. The van der Waals surface area contributed by atoms with Crippen molar-refractivity contribution in [1.29, 1.82) is 5.26 Å². The molecular weight excluding hydrogens is 322 g/mol. The van der Waals surface area contributed by atoms with Crippen molar-refractivity contribution >= 4 is 44.4 Å². The third-order valence-electron chi connectivity index (χ3n) is 2.64. The van der Waals surface area contributed by atoms with Gasteiger partial charge in [0.25, 0.3) is 0 Å². The topological polar surface area (TPSA) is 58.3 Å². The number of thiazole rings is 1. The molecule has 2 rings (SSSR count). The summed E-state index contributed by atoms with van der Waals surface area (Å²) in [5.74, 6) is 0.571. The predicted molar refractivity (Wildman–Crippen MR) is 92.9 cm³/mol. The third-order valence-corrected chi connectivity index (χ3v) is 5.26. The Morgan fingerprint density at radius 2 is 2.14 bits per heavy atom. The van der Waals surface area contributed by atoms with E-state index in [0.29, 0.717) is 11.3 Å². The molecule has 1 heterocycles. The minimum Gasteiger partial charge on any atom is -0.495 e. The molecule has 0 aliphatic carbocycles. The molecule has 0 unspecified atom stereocenters. The fourth-order valence-corrected chi connectivity index (χ4v) is 3.49. The van der Waals surface area contributed by atoms with Crippen molar-refractivity contribution in [3.8, 4) is 23.1 Å². The average Bonchev–Trinajstić information content (AvgIpc) is 3.00. The van der Waals surface area contributed by atoms with Crippen LogP contribution >= 0.6 is 34.9 Å². The van der Waals surface area contributed by atoms with Gasteiger partial charge in [0.05, 0.1) is 18.4 Å². The van der Waals surface area contributed by atoms with Gasteiger partial charge in [-0.25, -0.2) is 9.98 Å². The fraction of sp³-hybridized carbons (Fsp3) is 0.214. The van der Waals surface area contributed by atoms with Gasteiger partial charge >= 0.3 is 0 Å². The zero-order valence-corrected chi connectivity index (χ0v) is 14.2. The van der Waals surface area contributed by atoms with Crippen molar-refractivity contribution in [3.05, 3.63) is 29.1 Å². The Bertz CT molecular complexity index is 698. The van der Waals surface area contributed by atoms with E-state index in [9.17, 15) is 0 Å². The maximum absolute atomic E-state index is 9.13. The molecule has 0 atom stereocenters. The molecule has 108 valence electrons. The number of thioether (sulfide) groups is 2. The van der Waals surface area contributed by atoms with Crippen LogP contribution in [0.2, 0.25) is 0 Å². The molecular formula is C14H13N3OS3. The van der Waals surface area contributed by atoms with Gasteiger partial charge < -0.3 is 4.74 Å². The molecule has 0 spiro atoms. The van der Waals surface area contributed by atoms with E-state index in [4.69, 9.17) is 10.00 Å². The minimum atomic E-state index is 0.502. The molecule has 4 nitrogen and oxygen atoms in total. The number of nitrogens with zero attached hydrogens (tertiary/aromatic N) is 3. The van der Waals surface area contributed by atoms with Crippen LogP contribution in [0.1, 0.15) is 5.56 Å². The zero-order valence-electron chi connectivity index (χ0n) is 11.8. The lowest BCUT2D eigenvalue weighted by molar-refractivity contribution is 0.413. The van der Waals surface area contributed by atoms with Gasteiger partial charge in [0, 0.05) is 10.9 Å². The lowest BCUT2D eigenvalue weighted by Crippen LogP contribution is -1.88. The van der Waals surface area contributed by atoms with Crippen molar-refractivity contribution in [1.82, 2.24) is 4.98 Å². The molecule has 7 heteroatoms. The number of rotatable bonds is 3. The van der Waals surface area contributed by atoms with Crippen LogP contribution in [0.15, 0.2) is 28.6 Å². The molecule has 0 bridgehead atoms. The van der Waals surface area contributed by atoms with Crippen molar-refractivity contribution in [2.24, 2.45) is 4.99 Å². The van der Waals surface area contributed by atoms with Crippen molar-refractivity contribution in [3.63, 3.8) is 0 Å². The van der Waals surface area contributed by atoms with E-state index in [-0.39, 0.29) is 0 Å². The lowest BCUT2D eigenvalue weighted by atomic mass is 10.1. The summed E-state index contributed by atoms with van der Waals surface area (Å²) in [7, 11) is 1.55. The molecule has 0 aliphatic rings. The second-order valence-corrected chi connectivity index (χ2v) is 6.51. The number of benzene rings is 1. The monoisotopic (exact) mass is 335 g/mol. The number of aromatic nitrogens is 1. The highest BCUT2D eigenvalue weighted by Crippen LogP contribution is 2.31. The Kier molecular flexibility index (Phi) is 5.67. The fourth-order valence-electron chi connectivity index (χ4n) is 1.66. The van der Waals surface area contributed by atoms with Gasteiger partial charge in [-0.3, -0.25) is 0 Å². The summed E-state index contributed by atoms with van der Waals surface area (Å²) in [6.07, 6.45) is 3.99. The van der Waals surface area contributed by atoms with Crippen LogP contribution in [0, 0.1) is 11.3 Å². The van der Waals surface area contributed by atoms with E-state index in [2.05, 4.69) is 16.0 Å². The summed E-state index contributed by atoms with van der Waals surface area (Å²) in [4.78, 5) is 8.98. The third kappa shape index (κ3) is 3.79. The van der Waals surface area contributed by atoms with Crippen LogP contribution in [0.3, 0.4) is 0 Å². The van der Waals surface area contributed by atoms with Crippen LogP contribution in [0.25, 0.3) is 11.3 Å². The highest BCUT2D eigenvalue weighted by molar-refractivity contribution is 8.38. The van der Waals surface area contributed by atoms with Crippen LogP contribution in [-0.4, -0.2) is 29.0 Å². The Hall–Kier alpha value is -1.49. The molecule has 0 saturated carbocycles. The Morgan fingerprint density at radius 1 is 1.38 bits per heavy atom. The number of hydrogen-bond donors (Lipinski definition) is 0. The second kappa shape index (κ2) is 7.50. The van der Waals surface area contributed by atoms with Gasteiger partial charge in [-0.2, -0.15) is 5.26 Å². The van der Waals surface area contributed by atoms with Crippen molar-refractivity contribution in [2.75, 3.05) is 19.6 Å². The largest absolute Gasteiger partial charge is 0.495 e. The number of aliphatic imine (C=N–C) groups is 1. The maximum Gasteiger partial charge on any atom is 0.211 e. The molecule has 2 aromatic rings. The van der Waals surface area contributed by atoms with Gasteiger partial charge in [-0.1, -0.05) is 0 Å². The van der Waals surface area contributed by atoms with Gasteiger partial charge in [0.2, 0.25) is 5.13 Å². The first kappa shape index (κ1) is 15.9. The van der Waals surface area contributed by atoms with Crippen LogP contribution < -0.4 is 4.74 Å². The summed E-state index contributed by atoms with van der Waals surface area (Å²) in [6, 6.07) is 7.59. The predicted octanol–water partition coefficient (Wildman–Crippen LogP) is 4.40. The van der Waals surface area contributed by atoms with E-state index in [1.807, 2.05) is 24.0 Å². The van der Waals surface area contributed by atoms with Crippen molar-refractivity contribution < 1.29 is 4.74 Å². The quantitative estimate of drug-likeness (QED) is 0.614. The lowest BCUT2D eigenvalue weighted by Gasteiger charge is -2.03. The maximum atomic E-state index is 9.13.